The van der Waals surface area contributed by atoms with Crippen molar-refractivity contribution in [1.29, 1.82) is 0 Å². The first-order valence-electron chi connectivity index (χ1n) is 6.09. The van der Waals surface area contributed by atoms with Crippen LogP contribution in [-0.2, 0) is 19.0 Å². The molecule has 2 aliphatic rings. The van der Waals surface area contributed by atoms with Crippen molar-refractivity contribution >= 4 is 10.9 Å². The van der Waals surface area contributed by atoms with Crippen LogP contribution in [0.1, 0.15) is 24.1 Å². The fraction of sp³-hybridized carbons (Fsp3) is 0.429. The summed E-state index contributed by atoms with van der Waals surface area (Å²) in [5, 5.41) is 5.06. The molecule has 1 aliphatic heterocycles. The molecule has 1 saturated carbocycles. The summed E-state index contributed by atoms with van der Waals surface area (Å²) in [6.07, 6.45) is 2.72. The lowest BCUT2D eigenvalue weighted by atomic mass is 9.90. The number of hydrogen-bond acceptors (Lipinski definition) is 1. The Bertz CT molecular complexity index is 576. The highest BCUT2D eigenvalue weighted by Crippen LogP contribution is 2.53. The number of para-hydroxylation sites is 1. The monoisotopic (exact) mass is 212 g/mol. The van der Waals surface area contributed by atoms with E-state index in [4.69, 9.17) is 0 Å². The minimum Gasteiger partial charge on any atom is -0.346 e. The predicted molar refractivity (Wildman–Crippen MR) is 65.5 cm³/mol. The molecule has 2 heterocycles. The lowest BCUT2D eigenvalue weighted by Gasteiger charge is -2.24. The van der Waals surface area contributed by atoms with Gasteiger partial charge in [-0.1, -0.05) is 18.2 Å². The number of rotatable bonds is 0. The topological polar surface area (TPSA) is 17.0 Å². The summed E-state index contributed by atoms with van der Waals surface area (Å²) >= 11 is 0. The molecular formula is C14H16N2. The van der Waals surface area contributed by atoms with E-state index in [9.17, 15) is 0 Å². The SMILES string of the molecule is Cn1c2c(c3ccccc31)C1(CC1)CNC2. The van der Waals surface area contributed by atoms with Gasteiger partial charge in [0.1, 0.15) is 0 Å². The minimum absolute atomic E-state index is 0.481. The maximum Gasteiger partial charge on any atom is 0.0483 e. The number of benzene rings is 1. The summed E-state index contributed by atoms with van der Waals surface area (Å²) in [4.78, 5) is 0. The molecule has 0 radical (unpaired) electrons. The number of nitrogens with zero attached hydrogens (tertiary/aromatic N) is 1. The molecule has 1 aromatic carbocycles. The van der Waals surface area contributed by atoms with Gasteiger partial charge in [-0.15, -0.1) is 0 Å². The average Bonchev–Trinajstić information content (AvgIpc) is 3.01. The minimum atomic E-state index is 0.481. The van der Waals surface area contributed by atoms with Crippen molar-refractivity contribution in [2.24, 2.45) is 7.05 Å². The zero-order valence-corrected chi connectivity index (χ0v) is 9.59. The molecule has 0 saturated heterocycles. The molecule has 2 heteroatoms. The summed E-state index contributed by atoms with van der Waals surface area (Å²) in [6, 6.07) is 8.84. The Hall–Kier alpha value is -1.28. The Morgan fingerprint density at radius 2 is 2.06 bits per heavy atom. The van der Waals surface area contributed by atoms with Crippen LogP contribution >= 0.6 is 0 Å². The highest BCUT2D eigenvalue weighted by Gasteiger charge is 2.49. The van der Waals surface area contributed by atoms with Crippen molar-refractivity contribution in [3.8, 4) is 0 Å². The molecule has 82 valence electrons. The fourth-order valence-electron chi connectivity index (χ4n) is 3.33. The zero-order chi connectivity index (χ0) is 10.8. The van der Waals surface area contributed by atoms with E-state index in [0.717, 1.165) is 6.54 Å². The van der Waals surface area contributed by atoms with Crippen LogP contribution in [0.15, 0.2) is 24.3 Å². The van der Waals surface area contributed by atoms with E-state index in [1.807, 2.05) is 0 Å². The fourth-order valence-corrected chi connectivity index (χ4v) is 3.33. The first kappa shape index (κ1) is 8.82. The molecule has 2 nitrogen and oxygen atoms in total. The third-order valence-corrected chi connectivity index (χ3v) is 4.37. The lowest BCUT2D eigenvalue weighted by molar-refractivity contribution is 0.518. The van der Waals surface area contributed by atoms with Gasteiger partial charge in [0.2, 0.25) is 0 Å². The van der Waals surface area contributed by atoms with Crippen LogP contribution in [0.2, 0.25) is 0 Å². The van der Waals surface area contributed by atoms with Crippen LogP contribution < -0.4 is 5.32 Å². The quantitative estimate of drug-likeness (QED) is 0.709. The molecule has 0 amide bonds. The average molecular weight is 212 g/mol. The Kier molecular flexibility index (Phi) is 1.48. The van der Waals surface area contributed by atoms with Crippen LogP contribution in [0.5, 0.6) is 0 Å². The second kappa shape index (κ2) is 2.69. The van der Waals surface area contributed by atoms with Gasteiger partial charge >= 0.3 is 0 Å². The molecule has 0 bridgehead atoms. The smallest absolute Gasteiger partial charge is 0.0483 e. The molecule has 1 aromatic heterocycles. The molecular weight excluding hydrogens is 196 g/mol. The number of hydrogen-bond donors (Lipinski definition) is 1. The van der Waals surface area contributed by atoms with Gasteiger partial charge < -0.3 is 9.88 Å². The van der Waals surface area contributed by atoms with Crippen LogP contribution in [0, 0.1) is 0 Å². The summed E-state index contributed by atoms with van der Waals surface area (Å²) < 4.78 is 2.37. The number of aryl methyl sites for hydroxylation is 1. The highest BCUT2D eigenvalue weighted by molar-refractivity contribution is 5.87. The van der Waals surface area contributed by atoms with Gasteiger partial charge in [0.05, 0.1) is 0 Å². The maximum absolute atomic E-state index is 3.57. The Balaban J connectivity index is 2.14. The maximum atomic E-state index is 3.57. The van der Waals surface area contributed by atoms with Gasteiger partial charge in [-0.3, -0.25) is 0 Å². The Morgan fingerprint density at radius 3 is 2.88 bits per heavy atom. The van der Waals surface area contributed by atoms with E-state index >= 15 is 0 Å². The van der Waals surface area contributed by atoms with Gasteiger partial charge in [-0.05, 0) is 24.5 Å². The van der Waals surface area contributed by atoms with Crippen molar-refractivity contribution < 1.29 is 0 Å². The van der Waals surface area contributed by atoms with Gasteiger partial charge in [0.25, 0.3) is 0 Å². The molecule has 1 fully saturated rings. The molecule has 4 rings (SSSR count). The van der Waals surface area contributed by atoms with E-state index in [2.05, 4.69) is 41.2 Å². The van der Waals surface area contributed by atoms with Gasteiger partial charge in [0, 0.05) is 42.1 Å². The zero-order valence-electron chi connectivity index (χ0n) is 9.59. The molecule has 2 aromatic rings. The molecule has 1 aliphatic carbocycles. The van der Waals surface area contributed by atoms with Crippen molar-refractivity contribution in [1.82, 2.24) is 9.88 Å². The van der Waals surface area contributed by atoms with Crippen LogP contribution in [0.3, 0.4) is 0 Å². The van der Waals surface area contributed by atoms with E-state index in [-0.39, 0.29) is 0 Å². The van der Waals surface area contributed by atoms with E-state index < -0.39 is 0 Å². The Labute approximate surface area is 95.3 Å². The Morgan fingerprint density at radius 1 is 1.25 bits per heavy atom. The second-order valence-corrected chi connectivity index (χ2v) is 5.28. The van der Waals surface area contributed by atoms with E-state index in [1.165, 1.54) is 36.0 Å². The van der Waals surface area contributed by atoms with Crippen molar-refractivity contribution in [2.75, 3.05) is 6.54 Å². The van der Waals surface area contributed by atoms with Crippen molar-refractivity contribution in [3.63, 3.8) is 0 Å². The van der Waals surface area contributed by atoms with Gasteiger partial charge in [0.15, 0.2) is 0 Å². The summed E-state index contributed by atoms with van der Waals surface area (Å²) in [5.41, 5.74) is 5.02. The third-order valence-electron chi connectivity index (χ3n) is 4.37. The first-order valence-corrected chi connectivity index (χ1v) is 6.09. The third kappa shape index (κ3) is 0.914. The van der Waals surface area contributed by atoms with Crippen molar-refractivity contribution in [3.05, 3.63) is 35.5 Å². The standard InChI is InChI=1S/C14H16N2/c1-16-11-5-3-2-4-10(11)13-12(16)8-15-9-14(13)6-7-14/h2-5,15H,6-9H2,1H3. The van der Waals surface area contributed by atoms with E-state index in [1.54, 1.807) is 5.56 Å². The summed E-state index contributed by atoms with van der Waals surface area (Å²) in [6.45, 7) is 2.20. The van der Waals surface area contributed by atoms with Crippen molar-refractivity contribution in [2.45, 2.75) is 24.8 Å². The van der Waals surface area contributed by atoms with Gasteiger partial charge in [-0.25, -0.2) is 0 Å². The summed E-state index contributed by atoms with van der Waals surface area (Å²) in [5.74, 6) is 0. The lowest BCUT2D eigenvalue weighted by Crippen LogP contribution is -2.33. The number of fused-ring (bicyclic) bond motifs is 4. The van der Waals surface area contributed by atoms with Gasteiger partial charge in [-0.2, -0.15) is 0 Å². The largest absolute Gasteiger partial charge is 0.346 e. The second-order valence-electron chi connectivity index (χ2n) is 5.28. The molecule has 16 heavy (non-hydrogen) atoms. The molecule has 0 unspecified atom stereocenters. The van der Waals surface area contributed by atoms with Crippen LogP contribution in [0.25, 0.3) is 10.9 Å². The first-order chi connectivity index (χ1) is 7.82. The predicted octanol–water partition coefficient (Wildman–Crippen LogP) is 2.31. The number of aromatic nitrogens is 1. The molecule has 1 N–H and O–H groups in total. The number of nitrogens with one attached hydrogen (secondary N) is 1. The highest BCUT2D eigenvalue weighted by atomic mass is 15.0. The molecule has 1 spiro atoms. The van der Waals surface area contributed by atoms with Crippen LogP contribution in [0.4, 0.5) is 0 Å². The molecule has 0 atom stereocenters. The van der Waals surface area contributed by atoms with E-state index in [0.29, 0.717) is 5.41 Å². The summed E-state index contributed by atoms with van der Waals surface area (Å²) in [7, 11) is 2.20. The van der Waals surface area contributed by atoms with Crippen LogP contribution in [-0.4, -0.2) is 11.1 Å². The normalized spacial score (nSPS) is 21.3.